The molecule has 0 radical (unpaired) electrons. The minimum Gasteiger partial charge on any atom is -0.370 e. The van der Waals surface area contributed by atoms with E-state index < -0.39 is 0 Å². The molecule has 0 aliphatic carbocycles. The lowest BCUT2D eigenvalue weighted by Gasteiger charge is -2.17. The van der Waals surface area contributed by atoms with Crippen LogP contribution in [0.15, 0.2) is 30.3 Å². The second-order valence-electron chi connectivity index (χ2n) is 5.61. The van der Waals surface area contributed by atoms with Crippen molar-refractivity contribution in [1.82, 2.24) is 10.3 Å². The molecule has 112 valence electrons. The lowest BCUT2D eigenvalue weighted by atomic mass is 10.1. The third-order valence-electron chi connectivity index (χ3n) is 3.68. The summed E-state index contributed by atoms with van der Waals surface area (Å²) in [6.07, 6.45) is 0. The maximum atomic E-state index is 12.4. The predicted molar refractivity (Wildman–Crippen MR) is 87.7 cm³/mol. The van der Waals surface area contributed by atoms with Crippen LogP contribution in [0.25, 0.3) is 10.8 Å². The SMILES string of the molecule is CCNc1nc(C(=O)NC(C)C(C)C)cc2ccccc12. The number of nitrogens with zero attached hydrogens (tertiary/aromatic N) is 1. The molecular weight excluding hydrogens is 262 g/mol. The van der Waals surface area contributed by atoms with Gasteiger partial charge in [-0.1, -0.05) is 38.1 Å². The summed E-state index contributed by atoms with van der Waals surface area (Å²) in [5.41, 5.74) is 0.456. The fourth-order valence-corrected chi connectivity index (χ4v) is 2.06. The minimum absolute atomic E-state index is 0.119. The highest BCUT2D eigenvalue weighted by molar-refractivity contribution is 6.00. The Morgan fingerprint density at radius 2 is 1.95 bits per heavy atom. The first kappa shape index (κ1) is 15.3. The molecule has 0 aliphatic heterocycles. The zero-order chi connectivity index (χ0) is 15.4. The van der Waals surface area contributed by atoms with E-state index in [9.17, 15) is 4.79 Å². The fourth-order valence-electron chi connectivity index (χ4n) is 2.06. The Labute approximate surface area is 126 Å². The number of carbonyl (C=O) groups excluding carboxylic acids is 1. The molecule has 4 nitrogen and oxygen atoms in total. The highest BCUT2D eigenvalue weighted by Crippen LogP contribution is 2.22. The van der Waals surface area contributed by atoms with Gasteiger partial charge in [-0.25, -0.2) is 4.98 Å². The number of pyridine rings is 1. The molecule has 0 bridgehead atoms. The first-order valence-electron chi connectivity index (χ1n) is 7.47. The van der Waals surface area contributed by atoms with Crippen LogP contribution < -0.4 is 10.6 Å². The topological polar surface area (TPSA) is 54.0 Å². The van der Waals surface area contributed by atoms with E-state index in [1.54, 1.807) is 0 Å². The van der Waals surface area contributed by atoms with Crippen molar-refractivity contribution >= 4 is 22.5 Å². The fraction of sp³-hybridized carbons (Fsp3) is 0.412. The van der Waals surface area contributed by atoms with Crippen molar-refractivity contribution in [1.29, 1.82) is 0 Å². The van der Waals surface area contributed by atoms with Crippen molar-refractivity contribution < 1.29 is 4.79 Å². The Morgan fingerprint density at radius 1 is 1.24 bits per heavy atom. The van der Waals surface area contributed by atoms with Crippen LogP contribution in [0.5, 0.6) is 0 Å². The standard InChI is InChI=1S/C17H23N3O/c1-5-18-16-14-9-7-6-8-13(14)10-15(20-16)17(21)19-12(4)11(2)3/h6-12H,5H2,1-4H3,(H,18,20)(H,19,21). The molecule has 2 aromatic rings. The monoisotopic (exact) mass is 285 g/mol. The maximum absolute atomic E-state index is 12.4. The molecule has 2 rings (SSSR count). The minimum atomic E-state index is -0.124. The molecule has 0 fully saturated rings. The number of fused-ring (bicyclic) bond motifs is 1. The molecule has 1 atom stereocenters. The molecule has 0 saturated heterocycles. The number of benzene rings is 1. The van der Waals surface area contributed by atoms with Crippen molar-refractivity contribution in [2.75, 3.05) is 11.9 Å². The van der Waals surface area contributed by atoms with E-state index >= 15 is 0 Å². The second kappa shape index (κ2) is 6.57. The average Bonchev–Trinajstić information content (AvgIpc) is 2.47. The van der Waals surface area contributed by atoms with Crippen LogP contribution in [0.2, 0.25) is 0 Å². The molecule has 0 aliphatic rings. The molecule has 2 N–H and O–H groups in total. The van der Waals surface area contributed by atoms with Crippen LogP contribution in [0.1, 0.15) is 38.2 Å². The van der Waals surface area contributed by atoms with Gasteiger partial charge in [0, 0.05) is 18.0 Å². The number of hydrogen-bond donors (Lipinski definition) is 2. The van der Waals surface area contributed by atoms with E-state index in [1.165, 1.54) is 0 Å². The maximum Gasteiger partial charge on any atom is 0.270 e. The number of hydrogen-bond acceptors (Lipinski definition) is 3. The summed E-state index contributed by atoms with van der Waals surface area (Å²) in [6.45, 7) is 8.97. The van der Waals surface area contributed by atoms with Gasteiger partial charge in [0.15, 0.2) is 0 Å². The quantitative estimate of drug-likeness (QED) is 0.884. The summed E-state index contributed by atoms with van der Waals surface area (Å²) < 4.78 is 0. The zero-order valence-corrected chi connectivity index (χ0v) is 13.1. The van der Waals surface area contributed by atoms with Crippen LogP contribution in [0.4, 0.5) is 5.82 Å². The van der Waals surface area contributed by atoms with E-state index in [0.29, 0.717) is 11.6 Å². The highest BCUT2D eigenvalue weighted by Gasteiger charge is 2.15. The van der Waals surface area contributed by atoms with E-state index in [4.69, 9.17) is 0 Å². The Hall–Kier alpha value is -2.10. The molecule has 0 spiro atoms. The van der Waals surface area contributed by atoms with Gasteiger partial charge in [-0.2, -0.15) is 0 Å². The summed E-state index contributed by atoms with van der Waals surface area (Å²) in [5.74, 6) is 1.03. The third-order valence-corrected chi connectivity index (χ3v) is 3.68. The third kappa shape index (κ3) is 3.51. The van der Waals surface area contributed by atoms with Crippen molar-refractivity contribution in [2.24, 2.45) is 5.92 Å². The second-order valence-corrected chi connectivity index (χ2v) is 5.61. The lowest BCUT2D eigenvalue weighted by molar-refractivity contribution is 0.0926. The predicted octanol–water partition coefficient (Wildman–Crippen LogP) is 3.44. The van der Waals surface area contributed by atoms with Crippen LogP contribution in [0.3, 0.4) is 0 Å². The van der Waals surface area contributed by atoms with Gasteiger partial charge in [0.2, 0.25) is 0 Å². The molecule has 4 heteroatoms. The van der Waals surface area contributed by atoms with E-state index in [-0.39, 0.29) is 11.9 Å². The van der Waals surface area contributed by atoms with Crippen LogP contribution in [0, 0.1) is 5.92 Å². The molecule has 0 saturated carbocycles. The summed E-state index contributed by atoms with van der Waals surface area (Å²) >= 11 is 0. The van der Waals surface area contributed by atoms with Gasteiger partial charge in [-0.15, -0.1) is 0 Å². The molecular formula is C17H23N3O. The molecule has 1 aromatic carbocycles. The van der Waals surface area contributed by atoms with Gasteiger partial charge >= 0.3 is 0 Å². The lowest BCUT2D eigenvalue weighted by Crippen LogP contribution is -2.36. The van der Waals surface area contributed by atoms with Crippen molar-refractivity contribution in [3.05, 3.63) is 36.0 Å². The summed E-state index contributed by atoms with van der Waals surface area (Å²) in [4.78, 5) is 16.8. The number of amides is 1. The van der Waals surface area contributed by atoms with E-state index in [1.807, 2.05) is 44.2 Å². The van der Waals surface area contributed by atoms with Gasteiger partial charge in [-0.05, 0) is 31.2 Å². The smallest absolute Gasteiger partial charge is 0.270 e. The van der Waals surface area contributed by atoms with E-state index in [2.05, 4.69) is 29.5 Å². The largest absolute Gasteiger partial charge is 0.370 e. The highest BCUT2D eigenvalue weighted by atomic mass is 16.1. The Bertz CT molecular complexity index is 637. The Morgan fingerprint density at radius 3 is 2.62 bits per heavy atom. The molecule has 1 unspecified atom stereocenters. The van der Waals surface area contributed by atoms with E-state index in [0.717, 1.165) is 23.1 Å². The van der Waals surface area contributed by atoms with Crippen molar-refractivity contribution in [2.45, 2.75) is 33.7 Å². The van der Waals surface area contributed by atoms with Gasteiger partial charge in [-0.3, -0.25) is 4.79 Å². The molecule has 21 heavy (non-hydrogen) atoms. The zero-order valence-electron chi connectivity index (χ0n) is 13.1. The number of anilines is 1. The Balaban J connectivity index is 2.38. The van der Waals surface area contributed by atoms with Crippen LogP contribution in [-0.2, 0) is 0 Å². The number of nitrogens with one attached hydrogen (secondary N) is 2. The normalized spacial score (nSPS) is 12.4. The first-order valence-corrected chi connectivity index (χ1v) is 7.47. The van der Waals surface area contributed by atoms with Crippen LogP contribution >= 0.6 is 0 Å². The van der Waals surface area contributed by atoms with Gasteiger partial charge < -0.3 is 10.6 Å². The number of carbonyl (C=O) groups is 1. The average molecular weight is 285 g/mol. The molecule has 1 amide bonds. The molecule has 1 aromatic heterocycles. The summed E-state index contributed by atoms with van der Waals surface area (Å²) in [6, 6.07) is 9.92. The van der Waals surface area contributed by atoms with Crippen molar-refractivity contribution in [3.8, 4) is 0 Å². The summed E-state index contributed by atoms with van der Waals surface area (Å²) in [5, 5.41) is 8.29. The van der Waals surface area contributed by atoms with Gasteiger partial charge in [0.05, 0.1) is 0 Å². The van der Waals surface area contributed by atoms with Crippen LogP contribution in [-0.4, -0.2) is 23.5 Å². The first-order chi connectivity index (χ1) is 10.0. The van der Waals surface area contributed by atoms with Crippen molar-refractivity contribution in [3.63, 3.8) is 0 Å². The Kier molecular flexibility index (Phi) is 4.78. The number of aromatic nitrogens is 1. The van der Waals surface area contributed by atoms with Gasteiger partial charge in [0.25, 0.3) is 5.91 Å². The molecule has 1 heterocycles. The number of rotatable bonds is 5. The summed E-state index contributed by atoms with van der Waals surface area (Å²) in [7, 11) is 0. The van der Waals surface area contributed by atoms with Gasteiger partial charge in [0.1, 0.15) is 11.5 Å².